The topological polar surface area (TPSA) is 82.3 Å². The Hall–Kier alpha value is -3.48. The molecule has 7 nitrogen and oxygen atoms in total. The predicted octanol–water partition coefficient (Wildman–Crippen LogP) is 3.32. The molecule has 0 unspecified atom stereocenters. The first-order valence-corrected chi connectivity index (χ1v) is 7.97. The first-order chi connectivity index (χ1) is 12.7. The molecule has 0 radical (unpaired) electrons. The minimum Gasteiger partial charge on any atom is -0.493 e. The monoisotopic (exact) mass is 352 g/mol. The van der Waals surface area contributed by atoms with Crippen molar-refractivity contribution in [1.29, 1.82) is 0 Å². The number of carbonyl (C=O) groups is 1. The molecule has 1 aromatic heterocycles. The van der Waals surface area contributed by atoms with Gasteiger partial charge < -0.3 is 18.6 Å². The van der Waals surface area contributed by atoms with Crippen LogP contribution in [0, 0.1) is 0 Å². The number of hydrogen-bond acceptors (Lipinski definition) is 6. The summed E-state index contributed by atoms with van der Waals surface area (Å²) in [7, 11) is 1.59. The van der Waals surface area contributed by atoms with Crippen LogP contribution in [-0.2, 0) is 0 Å². The second-order valence-electron chi connectivity index (χ2n) is 5.70. The highest BCUT2D eigenvalue weighted by molar-refractivity contribution is 6.02. The second-order valence-corrected chi connectivity index (χ2v) is 5.70. The average molecular weight is 352 g/mol. The number of hydrogen-bond donors (Lipinski definition) is 1. The third-order valence-electron chi connectivity index (χ3n) is 4.04. The molecule has 1 aliphatic heterocycles. The number of nitrogens with zero attached hydrogens (tertiary/aromatic N) is 1. The van der Waals surface area contributed by atoms with Gasteiger partial charge in [0.25, 0.3) is 5.91 Å². The van der Waals surface area contributed by atoms with Crippen molar-refractivity contribution in [2.24, 2.45) is 5.10 Å². The van der Waals surface area contributed by atoms with Crippen LogP contribution in [0.2, 0.25) is 0 Å². The van der Waals surface area contributed by atoms with Crippen molar-refractivity contribution in [1.82, 2.24) is 5.43 Å². The van der Waals surface area contributed by atoms with Gasteiger partial charge in [-0.3, -0.25) is 4.79 Å². The Morgan fingerprint density at radius 2 is 2.00 bits per heavy atom. The summed E-state index contributed by atoms with van der Waals surface area (Å²) in [5.74, 6) is 2.01. The predicted molar refractivity (Wildman–Crippen MR) is 95.0 cm³/mol. The van der Waals surface area contributed by atoms with Crippen molar-refractivity contribution in [3.8, 4) is 17.2 Å². The van der Waals surface area contributed by atoms with E-state index in [-0.39, 0.29) is 12.7 Å². The number of nitrogens with one attached hydrogen (secondary N) is 1. The molecule has 4 rings (SSSR count). The maximum absolute atomic E-state index is 12.3. The van der Waals surface area contributed by atoms with Gasteiger partial charge in [-0.25, -0.2) is 5.43 Å². The Kier molecular flexibility index (Phi) is 3.96. The van der Waals surface area contributed by atoms with E-state index < -0.39 is 0 Å². The summed E-state index contributed by atoms with van der Waals surface area (Å²) >= 11 is 0. The molecule has 0 spiro atoms. The summed E-state index contributed by atoms with van der Waals surface area (Å²) in [4.78, 5) is 12.3. The van der Waals surface area contributed by atoms with Gasteiger partial charge in [-0.15, -0.1) is 0 Å². The lowest BCUT2D eigenvalue weighted by atomic mass is 10.2. The summed E-state index contributed by atoms with van der Waals surface area (Å²) in [5, 5.41) is 5.02. The van der Waals surface area contributed by atoms with E-state index in [9.17, 15) is 4.79 Å². The van der Waals surface area contributed by atoms with Gasteiger partial charge in [-0.1, -0.05) is 12.1 Å². The van der Waals surface area contributed by atoms with Crippen LogP contribution in [0.25, 0.3) is 11.0 Å². The van der Waals surface area contributed by atoms with Crippen LogP contribution in [0.15, 0.2) is 52.0 Å². The van der Waals surface area contributed by atoms with Crippen molar-refractivity contribution in [3.05, 3.63) is 53.8 Å². The fourth-order valence-electron chi connectivity index (χ4n) is 2.67. The van der Waals surface area contributed by atoms with Crippen LogP contribution in [0.4, 0.5) is 0 Å². The van der Waals surface area contributed by atoms with Gasteiger partial charge >= 0.3 is 0 Å². The van der Waals surface area contributed by atoms with Gasteiger partial charge in [0.1, 0.15) is 5.71 Å². The number of amides is 1. The van der Waals surface area contributed by atoms with E-state index in [2.05, 4.69) is 10.5 Å². The molecule has 0 fully saturated rings. The molecule has 0 bridgehead atoms. The quantitative estimate of drug-likeness (QED) is 0.575. The van der Waals surface area contributed by atoms with Crippen LogP contribution in [-0.4, -0.2) is 25.5 Å². The fourth-order valence-corrected chi connectivity index (χ4v) is 2.67. The first kappa shape index (κ1) is 16.0. The van der Waals surface area contributed by atoms with Crippen LogP contribution < -0.4 is 19.6 Å². The highest BCUT2D eigenvalue weighted by Gasteiger charge is 2.16. The standard InChI is InChI=1S/C19H16N2O5/c1-11(16-8-12-4-3-5-15(23-2)18(12)26-16)20-21-19(22)13-6-7-14-17(9-13)25-10-24-14/h3-9H,10H2,1-2H3,(H,21,22)/b20-11-. The molecule has 2 heterocycles. The van der Waals surface area contributed by atoms with Crippen molar-refractivity contribution < 1.29 is 23.4 Å². The number of para-hydroxylation sites is 1. The van der Waals surface area contributed by atoms with Gasteiger partial charge in [0.15, 0.2) is 28.6 Å². The molecule has 3 aromatic rings. The molecule has 0 atom stereocenters. The number of ether oxygens (including phenoxy) is 3. The average Bonchev–Trinajstić information content (AvgIpc) is 3.31. The maximum Gasteiger partial charge on any atom is 0.271 e. The van der Waals surface area contributed by atoms with Gasteiger partial charge in [0.05, 0.1) is 7.11 Å². The first-order valence-electron chi connectivity index (χ1n) is 7.97. The molecule has 1 N–H and O–H groups in total. The number of furan rings is 1. The molecule has 1 amide bonds. The van der Waals surface area contributed by atoms with Crippen LogP contribution in [0.3, 0.4) is 0 Å². The summed E-state index contributed by atoms with van der Waals surface area (Å²) < 4.78 is 21.6. The third-order valence-corrected chi connectivity index (χ3v) is 4.04. The maximum atomic E-state index is 12.3. The number of hydrazone groups is 1. The SMILES string of the molecule is COc1cccc2cc(/C(C)=N\NC(=O)c3ccc4c(c3)OCO4)oc12. The highest BCUT2D eigenvalue weighted by Crippen LogP contribution is 2.32. The number of rotatable bonds is 4. The van der Waals surface area contributed by atoms with E-state index in [0.29, 0.717) is 39.9 Å². The molecule has 0 saturated carbocycles. The molecule has 7 heteroatoms. The Morgan fingerprint density at radius 3 is 2.85 bits per heavy atom. The van der Waals surface area contributed by atoms with E-state index in [1.54, 1.807) is 32.2 Å². The lowest BCUT2D eigenvalue weighted by molar-refractivity contribution is 0.0954. The summed E-state index contributed by atoms with van der Waals surface area (Å²) in [5.41, 5.74) is 4.13. The zero-order chi connectivity index (χ0) is 18.1. The van der Waals surface area contributed by atoms with Crippen molar-refractivity contribution in [2.75, 3.05) is 13.9 Å². The highest BCUT2D eigenvalue weighted by atomic mass is 16.7. The lowest BCUT2D eigenvalue weighted by Gasteiger charge is -2.03. The van der Waals surface area contributed by atoms with Crippen LogP contribution in [0.5, 0.6) is 17.2 Å². The van der Waals surface area contributed by atoms with E-state index in [1.165, 1.54) is 0 Å². The second kappa shape index (κ2) is 6.44. The lowest BCUT2D eigenvalue weighted by Crippen LogP contribution is -2.19. The third kappa shape index (κ3) is 2.83. The fraction of sp³-hybridized carbons (Fsp3) is 0.158. The van der Waals surface area contributed by atoms with Crippen LogP contribution >= 0.6 is 0 Å². The van der Waals surface area contributed by atoms with Crippen molar-refractivity contribution in [2.45, 2.75) is 6.92 Å². The van der Waals surface area contributed by atoms with E-state index >= 15 is 0 Å². The molecular formula is C19H16N2O5. The molecule has 132 valence electrons. The zero-order valence-corrected chi connectivity index (χ0v) is 14.2. The molecule has 0 aliphatic carbocycles. The van der Waals surface area contributed by atoms with E-state index in [0.717, 1.165) is 5.39 Å². The number of carbonyl (C=O) groups excluding carboxylic acids is 1. The van der Waals surface area contributed by atoms with Gasteiger partial charge in [-0.2, -0.15) is 5.10 Å². The van der Waals surface area contributed by atoms with Crippen molar-refractivity contribution >= 4 is 22.6 Å². The van der Waals surface area contributed by atoms with Gasteiger partial charge in [0, 0.05) is 10.9 Å². The smallest absolute Gasteiger partial charge is 0.271 e. The number of fused-ring (bicyclic) bond motifs is 2. The van der Waals surface area contributed by atoms with Crippen molar-refractivity contribution in [3.63, 3.8) is 0 Å². The molecule has 1 aliphatic rings. The summed E-state index contributed by atoms with van der Waals surface area (Å²) in [6, 6.07) is 12.4. The van der Waals surface area contributed by atoms with Gasteiger partial charge in [0.2, 0.25) is 6.79 Å². The van der Waals surface area contributed by atoms with E-state index in [4.69, 9.17) is 18.6 Å². The zero-order valence-electron chi connectivity index (χ0n) is 14.2. The van der Waals surface area contributed by atoms with Gasteiger partial charge in [-0.05, 0) is 37.3 Å². The molecular weight excluding hydrogens is 336 g/mol. The minimum atomic E-state index is -0.351. The normalized spacial score (nSPS) is 13.1. The number of benzene rings is 2. The largest absolute Gasteiger partial charge is 0.493 e. The molecule has 0 saturated heterocycles. The Bertz CT molecular complexity index is 1020. The molecule has 2 aromatic carbocycles. The number of methoxy groups -OCH3 is 1. The molecule has 26 heavy (non-hydrogen) atoms. The van der Waals surface area contributed by atoms with E-state index in [1.807, 2.05) is 24.3 Å². The van der Waals surface area contributed by atoms with Crippen LogP contribution in [0.1, 0.15) is 23.0 Å². The Morgan fingerprint density at radius 1 is 1.15 bits per heavy atom. The minimum absolute atomic E-state index is 0.160. The summed E-state index contributed by atoms with van der Waals surface area (Å²) in [6.45, 7) is 1.91. The summed E-state index contributed by atoms with van der Waals surface area (Å²) in [6.07, 6.45) is 0. The Labute approximate surface area is 149 Å². The Balaban J connectivity index is 1.54.